The van der Waals surface area contributed by atoms with E-state index in [1.165, 1.54) is 17.4 Å². The van der Waals surface area contributed by atoms with Crippen molar-refractivity contribution in [3.63, 3.8) is 0 Å². The van der Waals surface area contributed by atoms with Gasteiger partial charge < -0.3 is 9.52 Å². The molecule has 0 bridgehead atoms. The molecule has 0 unspecified atom stereocenters. The predicted octanol–water partition coefficient (Wildman–Crippen LogP) is 2.07. The molecule has 0 aromatic carbocycles. The highest BCUT2D eigenvalue weighted by molar-refractivity contribution is 9.10. The Hall–Kier alpha value is -0.670. The number of aliphatic hydroxyl groups is 1. The van der Waals surface area contributed by atoms with E-state index < -0.39 is 10.0 Å². The van der Waals surface area contributed by atoms with Gasteiger partial charge in [-0.15, -0.1) is 0 Å². The molecule has 0 saturated heterocycles. The van der Waals surface area contributed by atoms with Gasteiger partial charge in [0.05, 0.1) is 0 Å². The van der Waals surface area contributed by atoms with Crippen LogP contribution in [-0.4, -0.2) is 13.5 Å². The van der Waals surface area contributed by atoms with Gasteiger partial charge in [-0.1, -0.05) is 0 Å². The normalized spacial score (nSPS) is 11.9. The Morgan fingerprint density at radius 1 is 1.50 bits per heavy atom. The molecule has 5 nitrogen and oxygen atoms in total. The lowest BCUT2D eigenvalue weighted by molar-refractivity contribution is 0.245. The number of hydrogen-bond donors (Lipinski definition) is 2. The Morgan fingerprint density at radius 3 is 2.83 bits per heavy atom. The third-order valence-corrected chi connectivity index (χ3v) is 5.19. The van der Waals surface area contributed by atoms with Gasteiger partial charge in [0.25, 0.3) is 0 Å². The van der Waals surface area contributed by atoms with Crippen molar-refractivity contribution in [1.29, 1.82) is 0 Å². The zero-order valence-corrected chi connectivity index (χ0v) is 12.3. The monoisotopic (exact) mass is 351 g/mol. The fourth-order valence-electron chi connectivity index (χ4n) is 1.31. The van der Waals surface area contributed by atoms with E-state index in [2.05, 4.69) is 20.7 Å². The number of halogens is 1. The van der Waals surface area contributed by atoms with E-state index in [1.807, 2.05) is 16.8 Å². The van der Waals surface area contributed by atoms with E-state index in [0.29, 0.717) is 0 Å². The van der Waals surface area contributed by atoms with Crippen LogP contribution in [-0.2, 0) is 23.2 Å². The molecule has 0 amide bonds. The second-order valence-electron chi connectivity index (χ2n) is 3.46. The first-order chi connectivity index (χ1) is 8.53. The van der Waals surface area contributed by atoms with Gasteiger partial charge >= 0.3 is 0 Å². The third kappa shape index (κ3) is 3.01. The van der Waals surface area contributed by atoms with Gasteiger partial charge in [-0.05, 0) is 38.3 Å². The summed E-state index contributed by atoms with van der Waals surface area (Å²) < 4.78 is 31.6. The molecular weight excluding hydrogens is 342 g/mol. The molecule has 0 aliphatic carbocycles. The lowest BCUT2D eigenvalue weighted by atomic mass is 10.4. The van der Waals surface area contributed by atoms with Crippen molar-refractivity contribution in [2.24, 2.45) is 0 Å². The molecule has 0 fully saturated rings. The van der Waals surface area contributed by atoms with Crippen LogP contribution in [0.2, 0.25) is 0 Å². The summed E-state index contributed by atoms with van der Waals surface area (Å²) in [5.74, 6) is 0.192. The zero-order valence-electron chi connectivity index (χ0n) is 9.09. The van der Waals surface area contributed by atoms with Crippen molar-refractivity contribution >= 4 is 37.3 Å². The second-order valence-corrected chi connectivity index (χ2v) is 6.70. The predicted molar refractivity (Wildman–Crippen MR) is 70.7 cm³/mol. The average molecular weight is 352 g/mol. The Morgan fingerprint density at radius 2 is 2.28 bits per heavy atom. The fraction of sp³-hybridized carbons (Fsp3) is 0.200. The van der Waals surface area contributed by atoms with Gasteiger partial charge in [0.15, 0.2) is 4.67 Å². The number of thiophene rings is 1. The van der Waals surface area contributed by atoms with Crippen molar-refractivity contribution in [1.82, 2.24) is 4.72 Å². The Balaban J connectivity index is 2.17. The first kappa shape index (κ1) is 13.8. The molecule has 0 radical (unpaired) electrons. The van der Waals surface area contributed by atoms with Gasteiger partial charge in [0.1, 0.15) is 17.3 Å². The molecular formula is C10H10BrNO4S2. The van der Waals surface area contributed by atoms with E-state index in [-0.39, 0.29) is 28.5 Å². The van der Waals surface area contributed by atoms with Crippen molar-refractivity contribution in [3.8, 4) is 0 Å². The highest BCUT2D eigenvalue weighted by Crippen LogP contribution is 2.26. The van der Waals surface area contributed by atoms with Crippen LogP contribution >= 0.6 is 27.3 Å². The molecule has 2 aromatic heterocycles. The largest absolute Gasteiger partial charge is 0.450 e. The number of rotatable bonds is 5. The van der Waals surface area contributed by atoms with Gasteiger partial charge in [-0.25, -0.2) is 13.1 Å². The molecule has 2 heterocycles. The standard InChI is InChI=1S/C10H10BrNO4S2/c11-10-9(3-8(5-13)16-10)18(14,15)12-4-7-1-2-17-6-7/h1-3,6,12-13H,4-5H2. The number of nitrogens with one attached hydrogen (secondary N) is 1. The maximum atomic E-state index is 12.0. The van der Waals surface area contributed by atoms with E-state index in [9.17, 15) is 8.42 Å². The third-order valence-electron chi connectivity index (χ3n) is 2.20. The molecule has 2 rings (SSSR count). The van der Waals surface area contributed by atoms with Crippen LogP contribution in [0.1, 0.15) is 11.3 Å². The van der Waals surface area contributed by atoms with Gasteiger partial charge in [-0.2, -0.15) is 11.3 Å². The molecule has 0 atom stereocenters. The summed E-state index contributed by atoms with van der Waals surface area (Å²) in [5.41, 5.74) is 0.894. The van der Waals surface area contributed by atoms with E-state index in [1.54, 1.807) is 0 Å². The van der Waals surface area contributed by atoms with Gasteiger partial charge in [-0.3, -0.25) is 0 Å². The maximum Gasteiger partial charge on any atom is 0.245 e. The van der Waals surface area contributed by atoms with Crippen molar-refractivity contribution < 1.29 is 17.9 Å². The molecule has 0 saturated carbocycles. The summed E-state index contributed by atoms with van der Waals surface area (Å²) >= 11 is 4.52. The minimum atomic E-state index is -3.65. The second kappa shape index (κ2) is 5.54. The van der Waals surface area contributed by atoms with Gasteiger partial charge in [0.2, 0.25) is 10.0 Å². The summed E-state index contributed by atoms with van der Waals surface area (Å²) in [6, 6.07) is 3.14. The molecule has 0 aliphatic rings. The molecule has 0 aliphatic heterocycles. The summed E-state index contributed by atoms with van der Waals surface area (Å²) in [5, 5.41) is 12.6. The highest BCUT2D eigenvalue weighted by atomic mass is 79.9. The molecule has 8 heteroatoms. The number of furan rings is 1. The zero-order chi connectivity index (χ0) is 13.2. The van der Waals surface area contributed by atoms with Crippen LogP contribution in [0.15, 0.2) is 36.9 Å². The van der Waals surface area contributed by atoms with Crippen molar-refractivity contribution in [2.75, 3.05) is 0 Å². The Labute approximate surface area is 117 Å². The number of aliphatic hydroxyl groups excluding tert-OH is 1. The molecule has 0 spiro atoms. The maximum absolute atomic E-state index is 12.0. The number of hydrogen-bond acceptors (Lipinski definition) is 5. The van der Waals surface area contributed by atoms with Crippen LogP contribution in [0, 0.1) is 0 Å². The Kier molecular flexibility index (Phi) is 4.23. The lowest BCUT2D eigenvalue weighted by Crippen LogP contribution is -2.22. The summed E-state index contributed by atoms with van der Waals surface area (Å²) in [4.78, 5) is -0.0122. The molecule has 2 aromatic rings. The lowest BCUT2D eigenvalue weighted by Gasteiger charge is -2.03. The van der Waals surface area contributed by atoms with Crippen LogP contribution in [0.25, 0.3) is 0 Å². The molecule has 2 N–H and O–H groups in total. The minimum Gasteiger partial charge on any atom is -0.450 e. The number of sulfonamides is 1. The first-order valence-electron chi connectivity index (χ1n) is 4.93. The minimum absolute atomic E-state index is 0.0122. The summed E-state index contributed by atoms with van der Waals surface area (Å²) in [6.45, 7) is -0.128. The summed E-state index contributed by atoms with van der Waals surface area (Å²) in [6.07, 6.45) is 0. The quantitative estimate of drug-likeness (QED) is 0.864. The molecule has 18 heavy (non-hydrogen) atoms. The smallest absolute Gasteiger partial charge is 0.245 e. The average Bonchev–Trinajstić information content (AvgIpc) is 2.95. The topological polar surface area (TPSA) is 79.5 Å². The first-order valence-corrected chi connectivity index (χ1v) is 8.14. The van der Waals surface area contributed by atoms with Gasteiger partial charge in [0, 0.05) is 12.6 Å². The highest BCUT2D eigenvalue weighted by Gasteiger charge is 2.22. The van der Waals surface area contributed by atoms with Crippen LogP contribution in [0.3, 0.4) is 0 Å². The SMILES string of the molecule is O=S(=O)(NCc1ccsc1)c1cc(CO)oc1Br. The van der Waals surface area contributed by atoms with Crippen LogP contribution in [0.4, 0.5) is 0 Å². The van der Waals surface area contributed by atoms with E-state index >= 15 is 0 Å². The fourth-order valence-corrected chi connectivity index (χ4v) is 3.99. The summed E-state index contributed by atoms with van der Waals surface area (Å²) in [7, 11) is -3.65. The Bertz CT molecular complexity index is 618. The van der Waals surface area contributed by atoms with Crippen LogP contribution < -0.4 is 4.72 Å². The van der Waals surface area contributed by atoms with E-state index in [4.69, 9.17) is 9.52 Å². The van der Waals surface area contributed by atoms with Crippen molar-refractivity contribution in [2.45, 2.75) is 18.0 Å². The van der Waals surface area contributed by atoms with Crippen molar-refractivity contribution in [3.05, 3.63) is 38.9 Å². The van der Waals surface area contributed by atoms with Crippen LogP contribution in [0.5, 0.6) is 0 Å². The molecule has 98 valence electrons. The van der Waals surface area contributed by atoms with E-state index in [0.717, 1.165) is 5.56 Å².